The number of rotatable bonds is 0. The van der Waals surface area contributed by atoms with Gasteiger partial charge in [-0.1, -0.05) is 60.8 Å². The third-order valence-electron chi connectivity index (χ3n) is 13.3. The van der Waals surface area contributed by atoms with Gasteiger partial charge >= 0.3 is 0 Å². The Kier molecular flexibility index (Phi) is 5.29. The van der Waals surface area contributed by atoms with E-state index in [0.717, 1.165) is 17.1 Å². The molecular formula is C44H40N4. The SMILES string of the molecule is C1=CC2/C=c3\cc4[nH]c(cc5nc(cc6nc(c/c([nH]3)=C\C1CC2)C1=C6C2C=CC1CC2)C1=C5C2C=CC1CC2)c1c4C2C=CC1CC2. The van der Waals surface area contributed by atoms with Crippen LogP contribution < -0.4 is 10.7 Å². The Hall–Kier alpha value is -4.44. The number of H-pyrrole nitrogens is 2. The van der Waals surface area contributed by atoms with E-state index in [9.17, 15) is 0 Å². The van der Waals surface area contributed by atoms with E-state index in [-0.39, 0.29) is 0 Å². The molecule has 2 aromatic rings. The van der Waals surface area contributed by atoms with E-state index in [4.69, 9.17) is 9.97 Å². The van der Waals surface area contributed by atoms with Gasteiger partial charge in [0.25, 0.3) is 0 Å². The topological polar surface area (TPSA) is 57.4 Å². The zero-order chi connectivity index (χ0) is 31.1. The van der Waals surface area contributed by atoms with Crippen LogP contribution in [0.2, 0.25) is 0 Å². The van der Waals surface area contributed by atoms with E-state index < -0.39 is 0 Å². The average Bonchev–Trinajstić information content (AvgIpc) is 3.84. The first-order valence-electron chi connectivity index (χ1n) is 18.7. The summed E-state index contributed by atoms with van der Waals surface area (Å²) >= 11 is 0. The third-order valence-corrected chi connectivity index (χ3v) is 13.3. The standard InChI is InChI=1S/C44H40N4/c1-2-24-4-3-23(1)17-31-19-33-39-25-5-9-27(10-6-25)41(39)35(46-33)21-37-43-29-13-15-30(16-14-29)44(43)38(48-37)22-36-42-28-11-7-26(8-12-28)40(42)34(47-36)20-32(18-24)45-31/h1-2,5,7,9,11,13,15,17-30,45-46H,3-4,6,8,10,12,14,16H2/b31-17+,32-18+,33-19?,34-20?,35-21?,38-22?. The second kappa shape index (κ2) is 9.59. The molecule has 236 valence electrons. The summed E-state index contributed by atoms with van der Waals surface area (Å²) in [4.78, 5) is 19.1. The number of aromatic nitrogens is 4. The van der Waals surface area contributed by atoms with Gasteiger partial charge in [-0.25, -0.2) is 9.97 Å². The minimum absolute atomic E-state index is 0.439. The minimum atomic E-state index is 0.439. The van der Waals surface area contributed by atoms with Crippen LogP contribution >= 0.6 is 0 Å². The lowest BCUT2D eigenvalue weighted by atomic mass is 9.69. The van der Waals surface area contributed by atoms with E-state index in [0.29, 0.717) is 47.3 Å². The Labute approximate surface area is 280 Å². The number of allylic oxidation sites excluding steroid dienone is 12. The lowest BCUT2D eigenvalue weighted by Gasteiger charge is -2.33. The maximum Gasteiger partial charge on any atom is 0.0700 e. The molecule has 6 heterocycles. The van der Waals surface area contributed by atoms with Gasteiger partial charge in [0.05, 0.1) is 22.8 Å². The molecule has 0 aromatic carbocycles. The van der Waals surface area contributed by atoms with Gasteiger partial charge in [-0.05, 0) is 121 Å². The van der Waals surface area contributed by atoms with Crippen molar-refractivity contribution >= 4 is 45.5 Å². The number of aromatic amines is 2. The van der Waals surface area contributed by atoms with Crippen molar-refractivity contribution in [2.75, 3.05) is 0 Å². The fraction of sp³-hybridized carbons (Fsp3) is 0.364. The fourth-order valence-electron chi connectivity index (χ4n) is 11.1. The molecule has 14 aliphatic rings. The van der Waals surface area contributed by atoms with E-state index in [1.165, 1.54) is 112 Å². The molecule has 8 atom stereocenters. The second-order valence-corrected chi connectivity index (χ2v) is 16.0. The van der Waals surface area contributed by atoms with Gasteiger partial charge in [-0.15, -0.1) is 0 Å². The molecule has 4 aliphatic heterocycles. The van der Waals surface area contributed by atoms with Crippen LogP contribution in [0.5, 0.6) is 0 Å². The van der Waals surface area contributed by atoms with Crippen LogP contribution in [0.4, 0.5) is 0 Å². The molecular weight excluding hydrogens is 585 g/mol. The highest BCUT2D eigenvalue weighted by atomic mass is 14.8. The Morgan fingerprint density at radius 1 is 0.396 bits per heavy atom. The molecule has 16 bridgehead atoms. The first kappa shape index (κ1) is 26.5. The van der Waals surface area contributed by atoms with Gasteiger partial charge in [0.1, 0.15) is 0 Å². The molecule has 0 fully saturated rings. The van der Waals surface area contributed by atoms with Crippen molar-refractivity contribution in [1.82, 2.24) is 19.9 Å². The summed E-state index contributed by atoms with van der Waals surface area (Å²) in [6.45, 7) is 0. The van der Waals surface area contributed by atoms with Gasteiger partial charge in [-0.3, -0.25) is 0 Å². The minimum Gasteiger partial charge on any atom is -0.356 e. The third kappa shape index (κ3) is 3.72. The summed E-state index contributed by atoms with van der Waals surface area (Å²) < 4.78 is 0. The lowest BCUT2D eigenvalue weighted by molar-refractivity contribution is 0.557. The van der Waals surface area contributed by atoms with E-state index in [2.05, 4.69) is 95.0 Å². The van der Waals surface area contributed by atoms with Gasteiger partial charge in [-0.2, -0.15) is 0 Å². The number of hydrogen-bond acceptors (Lipinski definition) is 2. The zero-order valence-corrected chi connectivity index (χ0v) is 27.3. The van der Waals surface area contributed by atoms with Crippen LogP contribution in [0.15, 0.2) is 72.9 Å². The average molecular weight is 625 g/mol. The van der Waals surface area contributed by atoms with Crippen LogP contribution in [0, 0.1) is 35.5 Å². The summed E-state index contributed by atoms with van der Waals surface area (Å²) in [5, 5.41) is 2.35. The summed E-state index contributed by atoms with van der Waals surface area (Å²) in [7, 11) is 0. The molecule has 8 unspecified atom stereocenters. The summed E-state index contributed by atoms with van der Waals surface area (Å²) in [5.74, 6) is 3.60. The van der Waals surface area contributed by atoms with E-state index in [1.54, 1.807) is 0 Å². The molecule has 4 heteroatoms. The van der Waals surface area contributed by atoms with Crippen LogP contribution in [-0.2, 0) is 0 Å². The van der Waals surface area contributed by atoms with Gasteiger partial charge in [0.15, 0.2) is 0 Å². The molecule has 48 heavy (non-hydrogen) atoms. The van der Waals surface area contributed by atoms with Crippen molar-refractivity contribution in [2.24, 2.45) is 35.5 Å². The molecule has 0 spiro atoms. The van der Waals surface area contributed by atoms with Crippen LogP contribution in [0.3, 0.4) is 0 Å². The lowest BCUT2D eigenvalue weighted by Crippen LogP contribution is -2.20. The highest BCUT2D eigenvalue weighted by Gasteiger charge is 2.40. The Bertz CT molecular complexity index is 2370. The summed E-state index contributed by atoms with van der Waals surface area (Å²) in [6.07, 6.45) is 34.3. The van der Waals surface area contributed by atoms with Crippen molar-refractivity contribution in [3.8, 4) is 0 Å². The predicted octanol–water partition coefficient (Wildman–Crippen LogP) is 8.43. The Morgan fingerprint density at radius 3 is 1.29 bits per heavy atom. The molecule has 0 saturated carbocycles. The summed E-state index contributed by atoms with van der Waals surface area (Å²) in [5.41, 5.74) is 16.0. The van der Waals surface area contributed by atoms with Gasteiger partial charge in [0.2, 0.25) is 0 Å². The highest BCUT2D eigenvalue weighted by molar-refractivity contribution is 6.00. The van der Waals surface area contributed by atoms with Crippen molar-refractivity contribution in [2.45, 2.75) is 63.2 Å². The van der Waals surface area contributed by atoms with E-state index in [1.807, 2.05) is 0 Å². The van der Waals surface area contributed by atoms with Crippen molar-refractivity contribution < 1.29 is 0 Å². The zero-order valence-electron chi connectivity index (χ0n) is 27.3. The molecule has 16 rings (SSSR count). The first-order chi connectivity index (χ1) is 23.7. The highest BCUT2D eigenvalue weighted by Crippen LogP contribution is 2.54. The van der Waals surface area contributed by atoms with Crippen molar-refractivity contribution in [3.05, 3.63) is 117 Å². The number of fused-ring (bicyclic) bond motifs is 10. The predicted molar refractivity (Wildman–Crippen MR) is 194 cm³/mol. The number of nitrogens with one attached hydrogen (secondary N) is 2. The largest absolute Gasteiger partial charge is 0.356 e. The Morgan fingerprint density at radius 2 is 0.812 bits per heavy atom. The molecule has 2 N–H and O–H groups in total. The van der Waals surface area contributed by atoms with Crippen LogP contribution in [0.1, 0.15) is 97.1 Å². The quantitative estimate of drug-likeness (QED) is 0.289. The van der Waals surface area contributed by atoms with Gasteiger partial charge in [0, 0.05) is 57.2 Å². The van der Waals surface area contributed by atoms with E-state index >= 15 is 0 Å². The molecule has 0 saturated heterocycles. The Balaban J connectivity index is 1.24. The fourth-order valence-corrected chi connectivity index (χ4v) is 11.1. The maximum atomic E-state index is 5.56. The molecule has 0 radical (unpaired) electrons. The normalized spacial score (nSPS) is 34.8. The van der Waals surface area contributed by atoms with Crippen LogP contribution in [0.25, 0.3) is 45.5 Å². The number of nitrogens with zero attached hydrogens (tertiary/aromatic N) is 2. The van der Waals surface area contributed by atoms with Crippen LogP contribution in [-0.4, -0.2) is 19.9 Å². The molecule has 4 nitrogen and oxygen atoms in total. The second-order valence-electron chi connectivity index (χ2n) is 16.0. The molecule has 0 amide bonds. The summed E-state index contributed by atoms with van der Waals surface area (Å²) in [6, 6.07) is 9.62. The first-order valence-corrected chi connectivity index (χ1v) is 18.7. The molecule has 10 aliphatic carbocycles. The van der Waals surface area contributed by atoms with Gasteiger partial charge < -0.3 is 9.97 Å². The maximum absolute atomic E-state index is 5.56. The van der Waals surface area contributed by atoms with Crippen molar-refractivity contribution in [1.29, 1.82) is 0 Å². The van der Waals surface area contributed by atoms with Crippen molar-refractivity contribution in [3.63, 3.8) is 0 Å². The number of hydrogen-bond donors (Lipinski definition) is 2. The monoisotopic (exact) mass is 624 g/mol. The smallest absolute Gasteiger partial charge is 0.0700 e. The molecule has 2 aromatic heterocycles.